The number of aromatic amines is 1. The van der Waals surface area contributed by atoms with Crippen molar-refractivity contribution in [2.75, 3.05) is 11.1 Å². The lowest BCUT2D eigenvalue weighted by Gasteiger charge is -2.07. The highest BCUT2D eigenvalue weighted by Crippen LogP contribution is 2.42. The number of nitrogen functional groups attached to an aromatic ring is 1. The van der Waals surface area contributed by atoms with E-state index in [0.717, 1.165) is 34.3 Å². The number of nitrogens with two attached hydrogens (primary N) is 1. The Morgan fingerprint density at radius 1 is 1.50 bits per heavy atom. The number of aryl methyl sites for hydroxylation is 1. The third kappa shape index (κ3) is 2.43. The molecule has 1 fully saturated rings. The summed E-state index contributed by atoms with van der Waals surface area (Å²) in [4.78, 5) is 12.2. The summed E-state index contributed by atoms with van der Waals surface area (Å²) in [6.07, 6.45) is 2.22. The summed E-state index contributed by atoms with van der Waals surface area (Å²) in [5, 5.41) is 9.78. The fourth-order valence-electron chi connectivity index (χ4n) is 2.17. The maximum atomic E-state index is 12.2. The highest BCUT2D eigenvalue weighted by Gasteiger charge is 2.30. The van der Waals surface area contributed by atoms with Crippen molar-refractivity contribution in [3.05, 3.63) is 39.6 Å². The lowest BCUT2D eigenvalue weighted by molar-refractivity contribution is 0.102. The second kappa shape index (κ2) is 4.94. The van der Waals surface area contributed by atoms with E-state index >= 15 is 0 Å². The second-order valence-corrected chi connectivity index (χ2v) is 6.00. The van der Waals surface area contributed by atoms with Gasteiger partial charge in [0.15, 0.2) is 5.69 Å². The van der Waals surface area contributed by atoms with Crippen molar-refractivity contribution in [3.63, 3.8) is 0 Å². The molecule has 0 spiro atoms. The van der Waals surface area contributed by atoms with Crippen LogP contribution in [0.4, 0.5) is 11.4 Å². The van der Waals surface area contributed by atoms with Gasteiger partial charge in [-0.05, 0) is 43.5 Å². The van der Waals surface area contributed by atoms with Crippen LogP contribution >= 0.6 is 15.9 Å². The number of carbonyl (C=O) groups is 1. The molecule has 20 heavy (non-hydrogen) atoms. The predicted molar refractivity (Wildman–Crippen MR) is 81.8 cm³/mol. The number of rotatable bonds is 3. The molecule has 4 N–H and O–H groups in total. The Labute approximate surface area is 125 Å². The lowest BCUT2D eigenvalue weighted by Crippen LogP contribution is -2.15. The smallest absolute Gasteiger partial charge is 0.278 e. The number of benzene rings is 1. The van der Waals surface area contributed by atoms with Crippen LogP contribution in [0.1, 0.15) is 40.5 Å². The summed E-state index contributed by atoms with van der Waals surface area (Å²) >= 11 is 3.40. The average molecular weight is 335 g/mol. The van der Waals surface area contributed by atoms with E-state index in [9.17, 15) is 4.79 Å². The van der Waals surface area contributed by atoms with Crippen molar-refractivity contribution in [3.8, 4) is 0 Å². The van der Waals surface area contributed by atoms with Gasteiger partial charge in [-0.2, -0.15) is 5.10 Å². The van der Waals surface area contributed by atoms with Crippen molar-refractivity contribution in [1.29, 1.82) is 0 Å². The van der Waals surface area contributed by atoms with Crippen LogP contribution < -0.4 is 11.1 Å². The van der Waals surface area contributed by atoms with E-state index in [0.29, 0.717) is 11.6 Å². The molecule has 104 valence electrons. The van der Waals surface area contributed by atoms with Crippen LogP contribution in [0.15, 0.2) is 22.7 Å². The number of H-pyrrole nitrogens is 1. The third-order valence-corrected chi connectivity index (χ3v) is 3.96. The standard InChI is InChI=1S/C14H15BrN4O/c1-7-6-9(15)4-5-10(7)17-14(20)13-11(16)12(18-19-13)8-2-3-8/h4-6,8H,2-3,16H2,1H3,(H,17,20)(H,18,19). The quantitative estimate of drug-likeness (QED) is 0.805. The largest absolute Gasteiger partial charge is 0.395 e. The second-order valence-electron chi connectivity index (χ2n) is 5.09. The zero-order valence-corrected chi connectivity index (χ0v) is 12.6. The van der Waals surface area contributed by atoms with Gasteiger partial charge in [-0.3, -0.25) is 9.89 Å². The topological polar surface area (TPSA) is 83.8 Å². The number of halogens is 1. The number of hydrogen-bond acceptors (Lipinski definition) is 3. The van der Waals surface area contributed by atoms with Gasteiger partial charge in [0.1, 0.15) is 0 Å². The maximum Gasteiger partial charge on any atom is 0.278 e. The van der Waals surface area contributed by atoms with Crippen molar-refractivity contribution in [2.24, 2.45) is 0 Å². The van der Waals surface area contributed by atoms with Crippen LogP contribution in [0.2, 0.25) is 0 Å². The van der Waals surface area contributed by atoms with Gasteiger partial charge in [0.05, 0.1) is 11.4 Å². The minimum Gasteiger partial charge on any atom is -0.395 e. The van der Waals surface area contributed by atoms with Gasteiger partial charge < -0.3 is 11.1 Å². The van der Waals surface area contributed by atoms with Crippen molar-refractivity contribution >= 4 is 33.2 Å². The van der Waals surface area contributed by atoms with Gasteiger partial charge >= 0.3 is 0 Å². The molecule has 0 atom stereocenters. The first-order chi connectivity index (χ1) is 9.56. The molecular weight excluding hydrogens is 320 g/mol. The third-order valence-electron chi connectivity index (χ3n) is 3.47. The van der Waals surface area contributed by atoms with E-state index in [-0.39, 0.29) is 11.6 Å². The van der Waals surface area contributed by atoms with Crippen LogP contribution in [-0.4, -0.2) is 16.1 Å². The van der Waals surface area contributed by atoms with E-state index in [4.69, 9.17) is 5.73 Å². The Morgan fingerprint density at radius 2 is 2.25 bits per heavy atom. The summed E-state index contributed by atoms with van der Waals surface area (Å²) in [7, 11) is 0. The molecule has 1 heterocycles. The molecular formula is C14H15BrN4O. The van der Waals surface area contributed by atoms with Gasteiger partial charge in [-0.1, -0.05) is 15.9 Å². The molecule has 0 saturated heterocycles. The van der Waals surface area contributed by atoms with E-state index < -0.39 is 0 Å². The fourth-order valence-corrected chi connectivity index (χ4v) is 2.64. The zero-order valence-electron chi connectivity index (χ0n) is 11.0. The number of hydrogen-bond donors (Lipinski definition) is 3. The van der Waals surface area contributed by atoms with Gasteiger partial charge in [-0.25, -0.2) is 0 Å². The lowest BCUT2D eigenvalue weighted by atomic mass is 10.2. The number of amides is 1. The van der Waals surface area contributed by atoms with E-state index in [1.165, 1.54) is 0 Å². The predicted octanol–water partition coefficient (Wildman–Crippen LogP) is 3.19. The first-order valence-corrected chi connectivity index (χ1v) is 7.27. The normalized spacial score (nSPS) is 14.3. The van der Waals surface area contributed by atoms with Crippen LogP contribution in [0.5, 0.6) is 0 Å². The number of aromatic nitrogens is 2. The first-order valence-electron chi connectivity index (χ1n) is 6.47. The molecule has 6 heteroatoms. The minimum atomic E-state index is -0.281. The zero-order chi connectivity index (χ0) is 14.3. The summed E-state index contributed by atoms with van der Waals surface area (Å²) in [5.41, 5.74) is 9.37. The molecule has 0 aliphatic heterocycles. The minimum absolute atomic E-state index is 0.272. The molecule has 1 amide bonds. The SMILES string of the molecule is Cc1cc(Br)ccc1NC(=O)c1n[nH]c(C2CC2)c1N. The Kier molecular flexibility index (Phi) is 3.25. The monoisotopic (exact) mass is 334 g/mol. The van der Waals surface area contributed by atoms with Gasteiger partial charge in [-0.15, -0.1) is 0 Å². The summed E-state index contributed by atoms with van der Waals surface area (Å²) in [6.45, 7) is 1.93. The molecule has 0 unspecified atom stereocenters. The summed E-state index contributed by atoms with van der Waals surface area (Å²) < 4.78 is 0.975. The Balaban J connectivity index is 1.82. The Morgan fingerprint density at radius 3 is 2.90 bits per heavy atom. The van der Waals surface area contributed by atoms with Crippen LogP contribution in [0.25, 0.3) is 0 Å². The van der Waals surface area contributed by atoms with E-state index in [2.05, 4.69) is 31.4 Å². The highest BCUT2D eigenvalue weighted by atomic mass is 79.9. The summed E-state index contributed by atoms with van der Waals surface area (Å²) in [6, 6.07) is 5.67. The number of anilines is 2. The van der Waals surface area contributed by atoms with Crippen LogP contribution in [0.3, 0.4) is 0 Å². The molecule has 5 nitrogen and oxygen atoms in total. The molecule has 1 aromatic heterocycles. The van der Waals surface area contributed by atoms with Gasteiger partial charge in [0.2, 0.25) is 0 Å². The Hall–Kier alpha value is -1.82. The fraction of sp³-hybridized carbons (Fsp3) is 0.286. The number of nitrogens with one attached hydrogen (secondary N) is 2. The van der Waals surface area contributed by atoms with E-state index in [1.807, 2.05) is 25.1 Å². The number of carbonyl (C=O) groups excluding carboxylic acids is 1. The molecule has 1 aliphatic carbocycles. The maximum absolute atomic E-state index is 12.2. The molecule has 2 aromatic rings. The molecule has 0 radical (unpaired) electrons. The first kappa shape index (κ1) is 13.2. The molecule has 1 aromatic carbocycles. The van der Waals surface area contributed by atoms with E-state index in [1.54, 1.807) is 0 Å². The average Bonchev–Trinajstić information content (AvgIpc) is 3.16. The van der Waals surface area contributed by atoms with Crippen molar-refractivity contribution in [2.45, 2.75) is 25.7 Å². The Bertz CT molecular complexity index is 676. The van der Waals surface area contributed by atoms with Crippen molar-refractivity contribution in [1.82, 2.24) is 10.2 Å². The molecule has 1 aliphatic rings. The molecule has 3 rings (SSSR count). The van der Waals surface area contributed by atoms with Crippen LogP contribution in [-0.2, 0) is 0 Å². The summed E-state index contributed by atoms with van der Waals surface area (Å²) in [5.74, 6) is 0.162. The number of nitrogens with zero attached hydrogens (tertiary/aromatic N) is 1. The van der Waals surface area contributed by atoms with Crippen LogP contribution in [0, 0.1) is 6.92 Å². The molecule has 0 bridgehead atoms. The van der Waals surface area contributed by atoms with Gasteiger partial charge in [0.25, 0.3) is 5.91 Å². The molecule has 1 saturated carbocycles. The highest BCUT2D eigenvalue weighted by molar-refractivity contribution is 9.10. The van der Waals surface area contributed by atoms with Gasteiger partial charge in [0, 0.05) is 16.1 Å². The van der Waals surface area contributed by atoms with Crippen molar-refractivity contribution < 1.29 is 4.79 Å².